The smallest absolute Gasteiger partial charge is 0.0318 e. The summed E-state index contributed by atoms with van der Waals surface area (Å²) in [6.07, 6.45) is 8.82. The van der Waals surface area contributed by atoms with Crippen molar-refractivity contribution in [2.75, 3.05) is 0 Å². The molecule has 0 spiro atoms. The monoisotopic (exact) mass is 260 g/mol. The first-order valence-electron chi connectivity index (χ1n) is 7.88. The molecule has 2 nitrogen and oxygen atoms in total. The van der Waals surface area contributed by atoms with Crippen LogP contribution in [0.2, 0.25) is 0 Å². The summed E-state index contributed by atoms with van der Waals surface area (Å²) in [5, 5.41) is 0. The van der Waals surface area contributed by atoms with Crippen molar-refractivity contribution in [2.24, 2.45) is 23.0 Å². The minimum absolute atomic E-state index is 0.238. The maximum absolute atomic E-state index is 6.35. The highest BCUT2D eigenvalue weighted by molar-refractivity contribution is 5.30. The first kappa shape index (κ1) is 13.2. The first-order valence-corrected chi connectivity index (χ1v) is 7.88. The van der Waals surface area contributed by atoms with Crippen molar-refractivity contribution >= 4 is 0 Å². The van der Waals surface area contributed by atoms with E-state index in [9.17, 15) is 0 Å². The molecule has 0 aliphatic heterocycles. The van der Waals surface area contributed by atoms with E-state index < -0.39 is 0 Å². The highest BCUT2D eigenvalue weighted by Gasteiger charge is 2.33. The van der Waals surface area contributed by atoms with E-state index in [0.717, 1.165) is 18.3 Å². The molecule has 2 N–H and O–H groups in total. The highest BCUT2D eigenvalue weighted by atomic mass is 15.0. The number of hydrogen-bond donors (Lipinski definition) is 1. The van der Waals surface area contributed by atoms with E-state index in [0.29, 0.717) is 5.41 Å². The number of nitrogens with two attached hydrogens (primary N) is 1. The Morgan fingerprint density at radius 2 is 2.16 bits per heavy atom. The molecule has 106 valence electrons. The van der Waals surface area contributed by atoms with Crippen molar-refractivity contribution in [3.8, 4) is 0 Å². The molecule has 1 fully saturated rings. The van der Waals surface area contributed by atoms with Gasteiger partial charge in [0.1, 0.15) is 0 Å². The van der Waals surface area contributed by atoms with Crippen molar-refractivity contribution in [1.29, 1.82) is 0 Å². The van der Waals surface area contributed by atoms with Crippen LogP contribution in [-0.4, -0.2) is 4.57 Å². The molecule has 1 aromatic rings. The predicted molar refractivity (Wildman–Crippen MR) is 80.0 cm³/mol. The lowest BCUT2D eigenvalue weighted by Crippen LogP contribution is -2.30. The fraction of sp³-hybridized carbons (Fsp3) is 0.765. The van der Waals surface area contributed by atoms with Crippen LogP contribution in [0.25, 0.3) is 0 Å². The minimum Gasteiger partial charge on any atom is -0.351 e. The molecule has 19 heavy (non-hydrogen) atoms. The summed E-state index contributed by atoms with van der Waals surface area (Å²) >= 11 is 0. The van der Waals surface area contributed by atoms with Gasteiger partial charge in [0.25, 0.3) is 0 Å². The zero-order valence-electron chi connectivity index (χ0n) is 12.7. The van der Waals surface area contributed by atoms with Crippen LogP contribution in [0, 0.1) is 17.3 Å². The fourth-order valence-corrected chi connectivity index (χ4v) is 4.23. The number of aromatic nitrogens is 1. The third-order valence-electron chi connectivity index (χ3n) is 5.19. The average molecular weight is 260 g/mol. The van der Waals surface area contributed by atoms with Gasteiger partial charge >= 0.3 is 0 Å². The zero-order valence-corrected chi connectivity index (χ0v) is 12.7. The molecule has 2 heteroatoms. The zero-order chi connectivity index (χ0) is 13.6. The summed E-state index contributed by atoms with van der Waals surface area (Å²) < 4.78 is 2.51. The molecule has 3 atom stereocenters. The van der Waals surface area contributed by atoms with Crippen molar-refractivity contribution in [1.82, 2.24) is 4.57 Å². The van der Waals surface area contributed by atoms with Crippen LogP contribution in [0.5, 0.6) is 0 Å². The average Bonchev–Trinajstić information content (AvgIpc) is 2.86. The third kappa shape index (κ3) is 2.60. The summed E-state index contributed by atoms with van der Waals surface area (Å²) in [6.45, 7) is 8.31. The molecule has 1 aromatic heterocycles. The lowest BCUT2D eigenvalue weighted by molar-refractivity contribution is 0.272. The summed E-state index contributed by atoms with van der Waals surface area (Å²) in [6, 6.07) is 2.51. The normalized spacial score (nSPS) is 33.4. The van der Waals surface area contributed by atoms with Crippen LogP contribution < -0.4 is 5.73 Å². The second kappa shape index (κ2) is 4.66. The van der Waals surface area contributed by atoms with Gasteiger partial charge in [-0.25, -0.2) is 0 Å². The Morgan fingerprint density at radius 1 is 1.37 bits per heavy atom. The van der Waals surface area contributed by atoms with E-state index in [-0.39, 0.29) is 6.04 Å². The van der Waals surface area contributed by atoms with Gasteiger partial charge in [-0.1, -0.05) is 27.2 Å². The molecule has 1 heterocycles. The molecule has 1 saturated carbocycles. The van der Waals surface area contributed by atoms with E-state index in [1.165, 1.54) is 43.5 Å². The van der Waals surface area contributed by atoms with Crippen LogP contribution in [0.4, 0.5) is 0 Å². The molecule has 2 aliphatic rings. The fourth-order valence-electron chi connectivity index (χ4n) is 4.23. The largest absolute Gasteiger partial charge is 0.351 e. The maximum atomic E-state index is 6.35. The van der Waals surface area contributed by atoms with Crippen LogP contribution >= 0.6 is 0 Å². The van der Waals surface area contributed by atoms with Gasteiger partial charge in [0.05, 0.1) is 0 Å². The van der Waals surface area contributed by atoms with E-state index >= 15 is 0 Å². The molecule has 3 rings (SSSR count). The molecule has 0 saturated heterocycles. The topological polar surface area (TPSA) is 30.9 Å². The summed E-state index contributed by atoms with van der Waals surface area (Å²) in [7, 11) is 0. The first-order chi connectivity index (χ1) is 8.94. The lowest BCUT2D eigenvalue weighted by atomic mass is 9.74. The third-order valence-corrected chi connectivity index (χ3v) is 5.19. The minimum atomic E-state index is 0.238. The summed E-state index contributed by atoms with van der Waals surface area (Å²) in [5.74, 6) is 1.81. The van der Waals surface area contributed by atoms with Crippen molar-refractivity contribution in [3.05, 3.63) is 23.5 Å². The number of nitrogens with zero attached hydrogens (tertiary/aromatic N) is 1. The molecule has 2 aliphatic carbocycles. The Labute approximate surface area is 117 Å². The molecule has 0 amide bonds. The van der Waals surface area contributed by atoms with Gasteiger partial charge in [0, 0.05) is 24.5 Å². The van der Waals surface area contributed by atoms with E-state index in [2.05, 4.69) is 37.6 Å². The molecular formula is C17H28N2. The van der Waals surface area contributed by atoms with Crippen molar-refractivity contribution in [2.45, 2.75) is 65.5 Å². The molecule has 3 unspecified atom stereocenters. The quantitative estimate of drug-likeness (QED) is 0.859. The van der Waals surface area contributed by atoms with Gasteiger partial charge in [-0.2, -0.15) is 0 Å². The van der Waals surface area contributed by atoms with E-state index in [1.807, 2.05) is 0 Å². The van der Waals surface area contributed by atoms with Gasteiger partial charge in [-0.05, 0) is 54.6 Å². The standard InChI is InChI=1S/C17H28N2/c1-12-4-5-13(8-12)11-19-7-6-14-15(18)9-17(2,3)10-16(14)19/h6-7,12-13,15H,4-5,8-11,18H2,1-3H3. The van der Waals surface area contributed by atoms with Gasteiger partial charge in [0.2, 0.25) is 0 Å². The second-order valence-electron chi connectivity index (χ2n) is 7.81. The molecular weight excluding hydrogens is 232 g/mol. The van der Waals surface area contributed by atoms with Crippen LogP contribution in [0.1, 0.15) is 63.8 Å². The predicted octanol–water partition coefficient (Wildman–Crippen LogP) is 3.90. The van der Waals surface area contributed by atoms with Crippen LogP contribution in [-0.2, 0) is 13.0 Å². The molecule has 0 aromatic carbocycles. The Kier molecular flexibility index (Phi) is 3.24. The van der Waals surface area contributed by atoms with Crippen LogP contribution in [0.15, 0.2) is 12.3 Å². The van der Waals surface area contributed by atoms with Crippen LogP contribution in [0.3, 0.4) is 0 Å². The Morgan fingerprint density at radius 3 is 2.84 bits per heavy atom. The van der Waals surface area contributed by atoms with Gasteiger partial charge < -0.3 is 10.3 Å². The van der Waals surface area contributed by atoms with E-state index in [1.54, 1.807) is 0 Å². The maximum Gasteiger partial charge on any atom is 0.0318 e. The Hall–Kier alpha value is -0.760. The Balaban J connectivity index is 1.81. The lowest BCUT2D eigenvalue weighted by Gasteiger charge is -2.35. The number of rotatable bonds is 2. The number of fused-ring (bicyclic) bond motifs is 1. The molecule has 0 radical (unpaired) electrons. The van der Waals surface area contributed by atoms with Gasteiger partial charge in [-0.15, -0.1) is 0 Å². The van der Waals surface area contributed by atoms with Crippen molar-refractivity contribution < 1.29 is 0 Å². The second-order valence-corrected chi connectivity index (χ2v) is 7.81. The highest BCUT2D eigenvalue weighted by Crippen LogP contribution is 2.41. The van der Waals surface area contributed by atoms with Gasteiger partial charge in [0.15, 0.2) is 0 Å². The van der Waals surface area contributed by atoms with Gasteiger partial charge in [-0.3, -0.25) is 0 Å². The summed E-state index contributed by atoms with van der Waals surface area (Å²) in [4.78, 5) is 0. The molecule has 0 bridgehead atoms. The van der Waals surface area contributed by atoms with Crippen molar-refractivity contribution in [3.63, 3.8) is 0 Å². The SMILES string of the molecule is CC1CCC(Cn2ccc3c2CC(C)(C)CC3N)C1. The Bertz CT molecular complexity index is 458. The number of hydrogen-bond acceptors (Lipinski definition) is 1. The van der Waals surface area contributed by atoms with E-state index in [4.69, 9.17) is 5.73 Å². The summed E-state index contributed by atoms with van der Waals surface area (Å²) in [5.41, 5.74) is 9.63.